The summed E-state index contributed by atoms with van der Waals surface area (Å²) in [5.74, 6) is 0.291. The third-order valence-corrected chi connectivity index (χ3v) is 5.08. The number of amides is 1. The molecule has 10 heteroatoms. The number of pyridine rings is 1. The molecule has 0 spiro atoms. The molecule has 0 bridgehead atoms. The van der Waals surface area contributed by atoms with Crippen LogP contribution in [0.1, 0.15) is 6.42 Å². The van der Waals surface area contributed by atoms with Gasteiger partial charge in [-0.1, -0.05) is 12.6 Å². The van der Waals surface area contributed by atoms with Crippen LogP contribution in [0.25, 0.3) is 11.1 Å². The lowest BCUT2D eigenvalue weighted by Crippen LogP contribution is -2.30. The normalized spacial score (nSPS) is 15.4. The van der Waals surface area contributed by atoms with Crippen LogP contribution in [0.2, 0.25) is 0 Å². The second-order valence-electron chi connectivity index (χ2n) is 7.41. The average Bonchev–Trinajstić information content (AvgIpc) is 3.27. The molecular formula is C23H22F2N6O2. The molecule has 3 heterocycles. The molecule has 0 radical (unpaired) electrons. The Balaban J connectivity index is 1.40. The molecule has 0 saturated carbocycles. The quantitative estimate of drug-likeness (QED) is 0.498. The Hall–Kier alpha value is -4.08. The lowest BCUT2D eigenvalue weighted by atomic mass is 10.1. The first-order valence-electron chi connectivity index (χ1n) is 10.3. The van der Waals surface area contributed by atoms with Gasteiger partial charge in [0.05, 0.1) is 5.69 Å². The van der Waals surface area contributed by atoms with Crippen LogP contribution in [0.5, 0.6) is 5.75 Å². The fourth-order valence-corrected chi connectivity index (χ4v) is 3.54. The van der Waals surface area contributed by atoms with Gasteiger partial charge in [-0.15, -0.1) is 0 Å². The summed E-state index contributed by atoms with van der Waals surface area (Å²) in [6, 6.07) is 8.25. The Morgan fingerprint density at radius 2 is 1.97 bits per heavy atom. The summed E-state index contributed by atoms with van der Waals surface area (Å²) >= 11 is 0. The van der Waals surface area contributed by atoms with Crippen molar-refractivity contribution in [2.24, 2.45) is 0 Å². The molecule has 33 heavy (non-hydrogen) atoms. The molecule has 1 aliphatic rings. The highest BCUT2D eigenvalue weighted by Gasteiger charge is 2.24. The number of hydrogen-bond acceptors (Lipinski definition) is 7. The number of benzene rings is 1. The SMILES string of the molecule is C=CC(=O)N1CCC(Nc2cncc(-c3cnc(Nc4cccc(OC(F)F)c4)nc3)c2)C1. The van der Waals surface area contributed by atoms with E-state index in [9.17, 15) is 13.6 Å². The van der Waals surface area contributed by atoms with E-state index in [0.717, 1.165) is 23.2 Å². The Bertz CT molecular complexity index is 1130. The number of rotatable bonds is 8. The van der Waals surface area contributed by atoms with Gasteiger partial charge in [0.2, 0.25) is 11.9 Å². The number of aromatic nitrogens is 3. The van der Waals surface area contributed by atoms with E-state index in [1.54, 1.807) is 41.8 Å². The zero-order chi connectivity index (χ0) is 23.2. The zero-order valence-corrected chi connectivity index (χ0v) is 17.6. The molecule has 1 amide bonds. The molecule has 1 fully saturated rings. The van der Waals surface area contributed by atoms with Gasteiger partial charge in [-0.05, 0) is 30.7 Å². The van der Waals surface area contributed by atoms with Gasteiger partial charge in [0.1, 0.15) is 5.75 Å². The molecule has 1 aliphatic heterocycles. The van der Waals surface area contributed by atoms with Gasteiger partial charge >= 0.3 is 6.61 Å². The summed E-state index contributed by atoms with van der Waals surface area (Å²) in [7, 11) is 0. The van der Waals surface area contributed by atoms with Crippen molar-refractivity contribution in [1.29, 1.82) is 0 Å². The summed E-state index contributed by atoms with van der Waals surface area (Å²) in [5, 5.41) is 6.37. The van der Waals surface area contributed by atoms with E-state index in [0.29, 0.717) is 24.7 Å². The summed E-state index contributed by atoms with van der Waals surface area (Å²) in [4.78, 5) is 26.4. The molecule has 4 rings (SSSR count). The van der Waals surface area contributed by atoms with Crippen LogP contribution in [0, 0.1) is 0 Å². The Morgan fingerprint density at radius 3 is 2.73 bits per heavy atom. The minimum atomic E-state index is -2.89. The fraction of sp³-hybridized carbons (Fsp3) is 0.217. The highest BCUT2D eigenvalue weighted by Crippen LogP contribution is 2.24. The molecular weight excluding hydrogens is 430 g/mol. The van der Waals surface area contributed by atoms with E-state index < -0.39 is 6.61 Å². The average molecular weight is 452 g/mol. The second kappa shape index (κ2) is 10.0. The lowest BCUT2D eigenvalue weighted by Gasteiger charge is -2.16. The van der Waals surface area contributed by atoms with E-state index in [1.165, 1.54) is 18.2 Å². The van der Waals surface area contributed by atoms with Crippen molar-refractivity contribution < 1.29 is 18.3 Å². The highest BCUT2D eigenvalue weighted by molar-refractivity contribution is 5.87. The molecule has 170 valence electrons. The minimum absolute atomic E-state index is 0.0428. The number of halogens is 2. The van der Waals surface area contributed by atoms with Crippen LogP contribution in [0.4, 0.5) is 26.1 Å². The van der Waals surface area contributed by atoms with Gasteiger partial charge in [0.15, 0.2) is 0 Å². The van der Waals surface area contributed by atoms with E-state index in [2.05, 4.69) is 36.9 Å². The first-order valence-corrected chi connectivity index (χ1v) is 10.3. The number of anilines is 3. The van der Waals surface area contributed by atoms with Crippen LogP contribution in [-0.4, -0.2) is 51.5 Å². The van der Waals surface area contributed by atoms with Crippen LogP contribution in [0.3, 0.4) is 0 Å². The monoisotopic (exact) mass is 452 g/mol. The summed E-state index contributed by atoms with van der Waals surface area (Å²) in [6.45, 7) is 1.94. The number of nitrogens with one attached hydrogen (secondary N) is 2. The molecule has 2 aromatic heterocycles. The van der Waals surface area contributed by atoms with E-state index in [-0.39, 0.29) is 17.7 Å². The topological polar surface area (TPSA) is 92.3 Å². The number of carbonyl (C=O) groups is 1. The number of carbonyl (C=O) groups excluding carboxylic acids is 1. The summed E-state index contributed by atoms with van der Waals surface area (Å²) < 4.78 is 29.2. The largest absolute Gasteiger partial charge is 0.435 e. The zero-order valence-electron chi connectivity index (χ0n) is 17.6. The van der Waals surface area contributed by atoms with Crippen LogP contribution >= 0.6 is 0 Å². The molecule has 1 unspecified atom stereocenters. The standard InChI is InChI=1S/C23H22F2N6O2/c1-2-21(32)31-7-6-18(14-31)29-19-8-15(10-26-13-19)16-11-27-23(28-12-16)30-17-4-3-5-20(9-17)33-22(24)25/h2-5,8-13,18,22,29H,1,6-7,14H2,(H,27,28,30). The fourth-order valence-electron chi connectivity index (χ4n) is 3.54. The number of ether oxygens (including phenoxy) is 1. The van der Waals surface area contributed by atoms with Gasteiger partial charge < -0.3 is 20.3 Å². The molecule has 3 aromatic rings. The van der Waals surface area contributed by atoms with E-state index >= 15 is 0 Å². The van der Waals surface area contributed by atoms with Gasteiger partial charge in [-0.3, -0.25) is 9.78 Å². The maximum Gasteiger partial charge on any atom is 0.387 e. The highest BCUT2D eigenvalue weighted by atomic mass is 19.3. The van der Waals surface area contributed by atoms with Crippen molar-refractivity contribution in [3.63, 3.8) is 0 Å². The first-order chi connectivity index (χ1) is 16.0. The van der Waals surface area contributed by atoms with Gasteiger partial charge in [0, 0.05) is 66.8 Å². The summed E-state index contributed by atoms with van der Waals surface area (Å²) in [6.07, 6.45) is 8.91. The third-order valence-electron chi connectivity index (χ3n) is 5.08. The molecule has 1 saturated heterocycles. The van der Waals surface area contributed by atoms with E-state index in [1.807, 2.05) is 6.07 Å². The third kappa shape index (κ3) is 5.79. The number of hydrogen-bond donors (Lipinski definition) is 2. The maximum atomic E-state index is 12.4. The van der Waals surface area contributed by atoms with Crippen molar-refractivity contribution in [1.82, 2.24) is 19.9 Å². The Kier molecular flexibility index (Phi) is 6.72. The van der Waals surface area contributed by atoms with Gasteiger partial charge in [-0.25, -0.2) is 9.97 Å². The molecule has 1 atom stereocenters. The Labute approximate surface area is 189 Å². The maximum absolute atomic E-state index is 12.4. The Morgan fingerprint density at radius 1 is 1.15 bits per heavy atom. The summed E-state index contributed by atoms with van der Waals surface area (Å²) in [5.41, 5.74) is 2.95. The molecule has 0 aliphatic carbocycles. The number of likely N-dealkylation sites (tertiary alicyclic amines) is 1. The first kappa shape index (κ1) is 22.1. The van der Waals surface area contributed by atoms with Crippen LogP contribution < -0.4 is 15.4 Å². The van der Waals surface area contributed by atoms with E-state index in [4.69, 9.17) is 0 Å². The van der Waals surface area contributed by atoms with Crippen molar-refractivity contribution in [3.8, 4) is 16.9 Å². The minimum Gasteiger partial charge on any atom is -0.435 e. The van der Waals surface area contributed by atoms with Gasteiger partial charge in [-0.2, -0.15) is 8.78 Å². The van der Waals surface area contributed by atoms with Crippen LogP contribution in [0.15, 0.2) is 67.8 Å². The predicted octanol–water partition coefficient (Wildman–Crippen LogP) is 4.08. The lowest BCUT2D eigenvalue weighted by molar-refractivity contribution is -0.125. The predicted molar refractivity (Wildman–Crippen MR) is 120 cm³/mol. The van der Waals surface area contributed by atoms with Crippen molar-refractivity contribution in [3.05, 3.63) is 67.8 Å². The van der Waals surface area contributed by atoms with Crippen LogP contribution in [-0.2, 0) is 4.79 Å². The smallest absolute Gasteiger partial charge is 0.387 e. The molecule has 1 aromatic carbocycles. The van der Waals surface area contributed by atoms with Crippen molar-refractivity contribution in [2.75, 3.05) is 23.7 Å². The molecule has 2 N–H and O–H groups in total. The molecule has 8 nitrogen and oxygen atoms in total. The second-order valence-corrected chi connectivity index (χ2v) is 7.41. The van der Waals surface area contributed by atoms with Crippen molar-refractivity contribution >= 4 is 23.2 Å². The van der Waals surface area contributed by atoms with Gasteiger partial charge in [0.25, 0.3) is 0 Å². The van der Waals surface area contributed by atoms with Crippen molar-refractivity contribution in [2.45, 2.75) is 19.1 Å². The number of alkyl halides is 2. The number of nitrogens with zero attached hydrogens (tertiary/aromatic N) is 4.